The topological polar surface area (TPSA) is 96.3 Å². The summed E-state index contributed by atoms with van der Waals surface area (Å²) in [6, 6.07) is 13.3. The molecule has 0 fully saturated rings. The highest BCUT2D eigenvalue weighted by Gasteiger charge is 2.38. The summed E-state index contributed by atoms with van der Waals surface area (Å²) in [4.78, 5) is 39.3. The molecule has 1 aliphatic rings. The number of rotatable bonds is 4. The molecule has 154 valence electrons. The van der Waals surface area contributed by atoms with Crippen molar-refractivity contribution in [2.75, 3.05) is 6.61 Å². The highest BCUT2D eigenvalue weighted by Crippen LogP contribution is 2.34. The van der Waals surface area contributed by atoms with E-state index in [1.54, 1.807) is 31.2 Å². The van der Waals surface area contributed by atoms with Crippen molar-refractivity contribution >= 4 is 22.6 Å². The van der Waals surface area contributed by atoms with Gasteiger partial charge in [-0.05, 0) is 36.1 Å². The van der Waals surface area contributed by atoms with Gasteiger partial charge >= 0.3 is 5.97 Å². The molecule has 0 amide bonds. The molecule has 1 aromatic heterocycles. The summed E-state index contributed by atoms with van der Waals surface area (Å²) in [7, 11) is 0. The number of carbonyl (C=O) groups excluding carboxylic acids is 1. The largest absolute Gasteiger partial charge is 0.462 e. The van der Waals surface area contributed by atoms with Gasteiger partial charge in [-0.15, -0.1) is 0 Å². The summed E-state index contributed by atoms with van der Waals surface area (Å²) in [5, 5.41) is 0.529. The Labute approximate surface area is 173 Å². The third-order valence-corrected chi connectivity index (χ3v) is 5.44. The van der Waals surface area contributed by atoms with Crippen LogP contribution in [0.1, 0.15) is 43.9 Å². The minimum atomic E-state index is -0.852. The Kier molecular flexibility index (Phi) is 4.81. The van der Waals surface area contributed by atoms with Crippen molar-refractivity contribution in [3.8, 4) is 0 Å². The SMILES string of the molecule is CCOC(=O)C1=C(N)n2c(=O)c3ccccc3c(=O)n2C1c1ccc(C(C)C)cc1. The van der Waals surface area contributed by atoms with E-state index in [0.29, 0.717) is 11.5 Å². The zero-order chi connectivity index (χ0) is 21.6. The molecule has 0 saturated carbocycles. The van der Waals surface area contributed by atoms with Gasteiger partial charge in [0.2, 0.25) is 0 Å². The number of hydrogen-bond donors (Lipinski definition) is 1. The van der Waals surface area contributed by atoms with E-state index >= 15 is 0 Å². The molecule has 0 saturated heterocycles. The van der Waals surface area contributed by atoms with Crippen LogP contribution in [0.25, 0.3) is 16.6 Å². The number of esters is 1. The van der Waals surface area contributed by atoms with Crippen LogP contribution in [0.4, 0.5) is 0 Å². The van der Waals surface area contributed by atoms with E-state index in [2.05, 4.69) is 13.8 Å². The summed E-state index contributed by atoms with van der Waals surface area (Å²) in [6.45, 7) is 6.00. The normalized spacial score (nSPS) is 15.7. The molecule has 2 aromatic carbocycles. The molecule has 1 aliphatic heterocycles. The van der Waals surface area contributed by atoms with Crippen molar-refractivity contribution in [3.63, 3.8) is 0 Å². The molecule has 2 N–H and O–H groups in total. The summed E-state index contributed by atoms with van der Waals surface area (Å²) < 4.78 is 7.57. The van der Waals surface area contributed by atoms with Crippen LogP contribution in [-0.2, 0) is 9.53 Å². The smallest absolute Gasteiger partial charge is 0.340 e. The second-order valence-corrected chi connectivity index (χ2v) is 7.56. The Bertz CT molecular complexity index is 1300. The average Bonchev–Trinajstić information content (AvgIpc) is 3.05. The van der Waals surface area contributed by atoms with Crippen molar-refractivity contribution in [2.24, 2.45) is 5.73 Å². The number of hydrogen-bond acceptors (Lipinski definition) is 5. The first-order valence-electron chi connectivity index (χ1n) is 9.90. The van der Waals surface area contributed by atoms with E-state index in [9.17, 15) is 14.4 Å². The van der Waals surface area contributed by atoms with Crippen LogP contribution in [0.15, 0.2) is 63.7 Å². The Balaban J connectivity index is 2.04. The summed E-state index contributed by atoms with van der Waals surface area (Å²) in [5.74, 6) is -0.402. The molecule has 7 heteroatoms. The molecule has 1 atom stereocenters. The second-order valence-electron chi connectivity index (χ2n) is 7.56. The fourth-order valence-electron chi connectivity index (χ4n) is 3.91. The summed E-state index contributed by atoms with van der Waals surface area (Å²) >= 11 is 0. The predicted molar refractivity (Wildman–Crippen MR) is 115 cm³/mol. The maximum atomic E-state index is 13.4. The monoisotopic (exact) mass is 405 g/mol. The summed E-state index contributed by atoms with van der Waals surface area (Å²) in [6.07, 6.45) is 0. The molecule has 4 rings (SSSR count). The second kappa shape index (κ2) is 7.33. The first-order valence-corrected chi connectivity index (χ1v) is 9.90. The van der Waals surface area contributed by atoms with Crippen LogP contribution >= 0.6 is 0 Å². The maximum Gasteiger partial charge on any atom is 0.340 e. The molecule has 30 heavy (non-hydrogen) atoms. The van der Waals surface area contributed by atoms with E-state index < -0.39 is 23.1 Å². The Morgan fingerprint density at radius 3 is 2.20 bits per heavy atom. The van der Waals surface area contributed by atoms with Gasteiger partial charge in [-0.2, -0.15) is 4.68 Å². The van der Waals surface area contributed by atoms with Crippen molar-refractivity contribution in [2.45, 2.75) is 32.7 Å². The number of carbonyl (C=O) groups is 1. The summed E-state index contributed by atoms with van der Waals surface area (Å²) in [5.41, 5.74) is 7.30. The molecule has 3 aromatic rings. The fourth-order valence-corrected chi connectivity index (χ4v) is 3.91. The van der Waals surface area contributed by atoms with Gasteiger partial charge in [0.15, 0.2) is 0 Å². The van der Waals surface area contributed by atoms with Gasteiger partial charge in [0, 0.05) is 0 Å². The Hall–Kier alpha value is -3.61. The zero-order valence-electron chi connectivity index (χ0n) is 17.1. The van der Waals surface area contributed by atoms with Crippen molar-refractivity contribution in [1.82, 2.24) is 9.36 Å². The number of ether oxygens (including phenoxy) is 1. The highest BCUT2D eigenvalue weighted by atomic mass is 16.5. The molecule has 2 heterocycles. The average molecular weight is 405 g/mol. The van der Waals surface area contributed by atoms with Gasteiger partial charge in [-0.1, -0.05) is 50.2 Å². The van der Waals surface area contributed by atoms with Gasteiger partial charge in [0.1, 0.15) is 17.4 Å². The van der Waals surface area contributed by atoms with Crippen LogP contribution < -0.4 is 16.9 Å². The van der Waals surface area contributed by atoms with Crippen LogP contribution in [0, 0.1) is 0 Å². The van der Waals surface area contributed by atoms with Crippen molar-refractivity contribution in [1.29, 1.82) is 0 Å². The van der Waals surface area contributed by atoms with E-state index in [1.165, 1.54) is 4.68 Å². The van der Waals surface area contributed by atoms with Gasteiger partial charge in [-0.25, -0.2) is 9.48 Å². The van der Waals surface area contributed by atoms with Crippen LogP contribution in [0.3, 0.4) is 0 Å². The highest BCUT2D eigenvalue weighted by molar-refractivity contribution is 5.97. The van der Waals surface area contributed by atoms with Gasteiger partial charge in [-0.3, -0.25) is 9.59 Å². The standard InChI is InChI=1S/C23H23N3O4/c1-4-30-23(29)18-19(15-11-9-14(10-12-15)13(2)3)25-21(27)16-7-5-6-8-17(16)22(28)26(25)20(18)24/h5-13,19H,4,24H2,1-3H3. The fraction of sp³-hybridized carbons (Fsp3) is 0.261. The minimum Gasteiger partial charge on any atom is -0.462 e. The van der Waals surface area contributed by atoms with Crippen LogP contribution in [0.2, 0.25) is 0 Å². The zero-order valence-corrected chi connectivity index (χ0v) is 17.1. The molecule has 0 radical (unpaired) electrons. The lowest BCUT2D eigenvalue weighted by molar-refractivity contribution is -0.138. The number of benzene rings is 2. The van der Waals surface area contributed by atoms with Gasteiger partial charge in [0.25, 0.3) is 11.1 Å². The van der Waals surface area contributed by atoms with E-state index in [1.807, 2.05) is 24.3 Å². The maximum absolute atomic E-state index is 13.4. The Morgan fingerprint density at radius 2 is 1.63 bits per heavy atom. The van der Waals surface area contributed by atoms with E-state index in [-0.39, 0.29) is 28.8 Å². The first kappa shape index (κ1) is 19.7. The number of aromatic nitrogens is 2. The molecule has 1 unspecified atom stereocenters. The molecule has 0 bridgehead atoms. The van der Waals surface area contributed by atoms with Crippen LogP contribution in [0.5, 0.6) is 0 Å². The van der Waals surface area contributed by atoms with E-state index in [4.69, 9.17) is 10.5 Å². The molecular weight excluding hydrogens is 382 g/mol. The van der Waals surface area contributed by atoms with Crippen LogP contribution in [-0.4, -0.2) is 21.9 Å². The quantitative estimate of drug-likeness (QED) is 0.673. The lowest BCUT2D eigenvalue weighted by Crippen LogP contribution is -2.38. The minimum absolute atomic E-state index is 0.0840. The lowest BCUT2D eigenvalue weighted by atomic mass is 9.95. The molecule has 7 nitrogen and oxygen atoms in total. The number of nitrogens with two attached hydrogens (primary N) is 1. The van der Waals surface area contributed by atoms with Gasteiger partial charge < -0.3 is 10.5 Å². The predicted octanol–water partition coefficient (Wildman–Crippen LogP) is 2.58. The molecular formula is C23H23N3O4. The molecule has 0 spiro atoms. The van der Waals surface area contributed by atoms with E-state index in [0.717, 1.165) is 10.2 Å². The number of nitrogens with zero attached hydrogens (tertiary/aromatic N) is 2. The van der Waals surface area contributed by atoms with Crippen molar-refractivity contribution < 1.29 is 9.53 Å². The number of fused-ring (bicyclic) bond motifs is 2. The third-order valence-electron chi connectivity index (χ3n) is 5.44. The third kappa shape index (κ3) is 2.85. The lowest BCUT2D eigenvalue weighted by Gasteiger charge is -2.19. The van der Waals surface area contributed by atoms with Gasteiger partial charge in [0.05, 0.1) is 17.4 Å². The first-order chi connectivity index (χ1) is 14.4. The van der Waals surface area contributed by atoms with Crippen molar-refractivity contribution in [3.05, 3.63) is 85.9 Å². The molecule has 0 aliphatic carbocycles. The Morgan fingerprint density at radius 1 is 1.03 bits per heavy atom.